The van der Waals surface area contributed by atoms with Gasteiger partial charge in [0, 0.05) is 23.9 Å². The van der Waals surface area contributed by atoms with Gasteiger partial charge in [0.25, 0.3) is 0 Å². The molecular weight excluding hydrogens is 413 g/mol. The molecule has 1 N–H and O–H groups in total. The van der Waals surface area contributed by atoms with Crippen molar-refractivity contribution in [2.45, 2.75) is 45.6 Å². The maximum atomic E-state index is 13.3. The van der Waals surface area contributed by atoms with Crippen molar-refractivity contribution in [3.8, 4) is 11.3 Å². The van der Waals surface area contributed by atoms with Gasteiger partial charge in [-0.2, -0.15) is 0 Å². The third-order valence-corrected chi connectivity index (χ3v) is 7.37. The van der Waals surface area contributed by atoms with Gasteiger partial charge in [0.2, 0.25) is 11.0 Å². The number of carbonyl (C=O) groups is 1. The first-order chi connectivity index (χ1) is 15.0. The van der Waals surface area contributed by atoms with Crippen LogP contribution >= 0.6 is 11.3 Å². The molecule has 3 heterocycles. The maximum Gasteiger partial charge on any atom is 0.226 e. The Bertz CT molecular complexity index is 1120. The Morgan fingerprint density at radius 2 is 2.19 bits per heavy atom. The standard InChI is InChI=1S/C23H24FN5OS/c1-23-12-29-13-25-21(15-5-8-18(24)9-6-15)19(29)11-17(23)4-2-3-16(23)7-10-20(30)27-22-28-26-14-31-22/h5-6,8-9,11,13-14,16H,2-4,7,10,12H2,1H3,(H,27,28,30)/t16-,23-/m1/s1. The van der Waals surface area contributed by atoms with Gasteiger partial charge in [-0.1, -0.05) is 23.8 Å². The number of hydrogen-bond donors (Lipinski definition) is 1. The molecular formula is C23H24FN5OS. The van der Waals surface area contributed by atoms with Gasteiger partial charge in [-0.05, 0) is 61.9 Å². The number of fused-ring (bicyclic) bond motifs is 2. The molecule has 0 spiro atoms. The number of rotatable bonds is 5. The van der Waals surface area contributed by atoms with E-state index in [4.69, 9.17) is 0 Å². The van der Waals surface area contributed by atoms with Gasteiger partial charge in [0.1, 0.15) is 11.3 Å². The van der Waals surface area contributed by atoms with Crippen molar-refractivity contribution < 1.29 is 9.18 Å². The highest BCUT2D eigenvalue weighted by Gasteiger charge is 2.43. The second-order valence-electron chi connectivity index (χ2n) is 8.62. The molecule has 1 saturated carbocycles. The summed E-state index contributed by atoms with van der Waals surface area (Å²) in [5.41, 5.74) is 5.97. The lowest BCUT2D eigenvalue weighted by molar-refractivity contribution is -0.116. The van der Waals surface area contributed by atoms with E-state index in [9.17, 15) is 9.18 Å². The van der Waals surface area contributed by atoms with Crippen molar-refractivity contribution in [2.75, 3.05) is 5.32 Å². The van der Waals surface area contributed by atoms with Crippen LogP contribution in [0.4, 0.5) is 9.52 Å². The molecule has 3 aromatic rings. The summed E-state index contributed by atoms with van der Waals surface area (Å²) in [5, 5.41) is 11.0. The van der Waals surface area contributed by atoms with E-state index < -0.39 is 0 Å². The van der Waals surface area contributed by atoms with Gasteiger partial charge in [0.05, 0.1) is 17.7 Å². The summed E-state index contributed by atoms with van der Waals surface area (Å²) in [6.45, 7) is 3.18. The first-order valence-electron chi connectivity index (χ1n) is 10.6. The van der Waals surface area contributed by atoms with Crippen molar-refractivity contribution in [1.29, 1.82) is 0 Å². The van der Waals surface area contributed by atoms with Crippen LogP contribution in [-0.2, 0) is 11.3 Å². The van der Waals surface area contributed by atoms with Crippen molar-refractivity contribution in [2.24, 2.45) is 11.3 Å². The van der Waals surface area contributed by atoms with Crippen LogP contribution in [-0.4, -0.2) is 25.7 Å². The Labute approximate surface area is 184 Å². The molecule has 1 aromatic carbocycles. The van der Waals surface area contributed by atoms with E-state index in [2.05, 4.69) is 38.1 Å². The molecule has 1 amide bonds. The van der Waals surface area contributed by atoms with E-state index in [1.165, 1.54) is 29.0 Å². The quantitative estimate of drug-likeness (QED) is 0.598. The number of nitrogens with zero attached hydrogens (tertiary/aromatic N) is 4. The van der Waals surface area contributed by atoms with Gasteiger partial charge >= 0.3 is 0 Å². The fourth-order valence-corrected chi connectivity index (χ4v) is 5.53. The molecule has 2 aliphatic rings. The Balaban J connectivity index is 1.35. The summed E-state index contributed by atoms with van der Waals surface area (Å²) >= 11 is 1.33. The van der Waals surface area contributed by atoms with Crippen LogP contribution in [0.2, 0.25) is 0 Å². The molecule has 0 radical (unpaired) electrons. The maximum absolute atomic E-state index is 13.3. The van der Waals surface area contributed by atoms with Gasteiger partial charge in [0.15, 0.2) is 0 Å². The third kappa shape index (κ3) is 3.80. The molecule has 8 heteroatoms. The topological polar surface area (TPSA) is 72.7 Å². The summed E-state index contributed by atoms with van der Waals surface area (Å²) in [6, 6.07) is 6.52. The molecule has 2 atom stereocenters. The molecule has 0 saturated heterocycles. The zero-order chi connectivity index (χ0) is 21.4. The number of halogens is 1. The predicted octanol–water partition coefficient (Wildman–Crippen LogP) is 5.16. The van der Waals surface area contributed by atoms with Crippen LogP contribution < -0.4 is 5.32 Å². The smallest absolute Gasteiger partial charge is 0.226 e. The lowest BCUT2D eigenvalue weighted by Crippen LogP contribution is -2.39. The third-order valence-electron chi connectivity index (χ3n) is 6.77. The van der Waals surface area contributed by atoms with Crippen molar-refractivity contribution in [3.05, 3.63) is 53.2 Å². The minimum atomic E-state index is -0.243. The normalized spacial score (nSPS) is 22.4. The number of amides is 1. The largest absolute Gasteiger partial charge is 0.330 e. The van der Waals surface area contributed by atoms with Crippen molar-refractivity contribution >= 4 is 28.5 Å². The zero-order valence-corrected chi connectivity index (χ0v) is 18.2. The molecule has 2 aromatic heterocycles. The van der Waals surface area contributed by atoms with Gasteiger partial charge in [-0.15, -0.1) is 10.2 Å². The summed E-state index contributed by atoms with van der Waals surface area (Å²) < 4.78 is 15.6. The fraction of sp³-hybridized carbons (Fsp3) is 0.391. The van der Waals surface area contributed by atoms with Crippen LogP contribution in [0.1, 0.15) is 44.7 Å². The number of allylic oxidation sites excluding steroid dienone is 1. The molecule has 1 aliphatic carbocycles. The molecule has 31 heavy (non-hydrogen) atoms. The molecule has 160 valence electrons. The first kappa shape index (κ1) is 20.1. The Morgan fingerprint density at radius 1 is 1.35 bits per heavy atom. The summed E-state index contributed by atoms with van der Waals surface area (Å²) in [6.07, 6.45) is 8.80. The van der Waals surface area contributed by atoms with Crippen LogP contribution in [0.3, 0.4) is 0 Å². The van der Waals surface area contributed by atoms with Crippen LogP contribution in [0.15, 0.2) is 41.7 Å². The Hall–Kier alpha value is -2.87. The Kier molecular flexibility index (Phi) is 5.17. The SMILES string of the molecule is C[C@]12Cn3cnc(-c4ccc(F)cc4)c3C=C1CCC[C@@H]2CCC(=O)Nc1nncs1. The van der Waals surface area contributed by atoms with E-state index in [0.29, 0.717) is 17.5 Å². The molecule has 5 rings (SSSR count). The molecule has 1 fully saturated rings. The highest BCUT2D eigenvalue weighted by atomic mass is 32.1. The van der Waals surface area contributed by atoms with E-state index in [-0.39, 0.29) is 17.1 Å². The molecule has 0 bridgehead atoms. The summed E-state index contributed by atoms with van der Waals surface area (Å²) in [7, 11) is 0. The minimum absolute atomic E-state index is 0.00539. The summed E-state index contributed by atoms with van der Waals surface area (Å²) in [5.74, 6) is 0.180. The van der Waals surface area contributed by atoms with Gasteiger partial charge < -0.3 is 9.88 Å². The molecule has 1 aliphatic heterocycles. The van der Waals surface area contributed by atoms with Crippen LogP contribution in [0.5, 0.6) is 0 Å². The highest BCUT2D eigenvalue weighted by Crippen LogP contribution is 2.51. The Morgan fingerprint density at radius 3 is 2.97 bits per heavy atom. The highest BCUT2D eigenvalue weighted by molar-refractivity contribution is 7.13. The van der Waals surface area contributed by atoms with Crippen molar-refractivity contribution in [3.63, 3.8) is 0 Å². The number of anilines is 1. The van der Waals surface area contributed by atoms with E-state index >= 15 is 0 Å². The lowest BCUT2D eigenvalue weighted by Gasteiger charge is -2.46. The van der Waals surface area contributed by atoms with E-state index in [1.807, 2.05) is 6.33 Å². The van der Waals surface area contributed by atoms with Gasteiger partial charge in [-0.25, -0.2) is 9.37 Å². The number of imidazole rings is 1. The number of benzene rings is 1. The van der Waals surface area contributed by atoms with Crippen molar-refractivity contribution in [1.82, 2.24) is 19.7 Å². The lowest BCUT2D eigenvalue weighted by atomic mass is 9.61. The number of carbonyl (C=O) groups excluding carboxylic acids is 1. The summed E-state index contributed by atoms with van der Waals surface area (Å²) in [4.78, 5) is 17.0. The monoisotopic (exact) mass is 437 g/mol. The average Bonchev–Trinajstić information content (AvgIpc) is 3.40. The average molecular weight is 438 g/mol. The molecule has 0 unspecified atom stereocenters. The second-order valence-corrected chi connectivity index (χ2v) is 9.45. The first-order valence-corrected chi connectivity index (χ1v) is 11.5. The number of aromatic nitrogens is 4. The van der Waals surface area contributed by atoms with Gasteiger partial charge in [-0.3, -0.25) is 4.79 Å². The fourth-order valence-electron chi connectivity index (χ4n) is 5.07. The van der Waals surface area contributed by atoms with E-state index in [0.717, 1.165) is 49.2 Å². The molecule has 6 nitrogen and oxygen atoms in total. The zero-order valence-electron chi connectivity index (χ0n) is 17.3. The predicted molar refractivity (Wildman–Crippen MR) is 119 cm³/mol. The second kappa shape index (κ2) is 8.00. The van der Waals surface area contributed by atoms with Crippen LogP contribution in [0.25, 0.3) is 17.3 Å². The van der Waals surface area contributed by atoms with E-state index in [1.54, 1.807) is 17.6 Å². The minimum Gasteiger partial charge on any atom is -0.330 e. The number of hydrogen-bond acceptors (Lipinski definition) is 5. The number of nitrogens with one attached hydrogen (secondary N) is 1. The van der Waals surface area contributed by atoms with Crippen LogP contribution in [0, 0.1) is 17.2 Å².